The maximum atomic E-state index is 12.1. The number of carbonyl (C=O) groups excluding carboxylic acids is 1. The van der Waals surface area contributed by atoms with E-state index in [9.17, 15) is 15.0 Å². The Bertz CT molecular complexity index is 988. The molecule has 1 saturated heterocycles. The minimum Gasteiger partial charge on any atom is -0.387 e. The highest BCUT2D eigenvalue weighted by Gasteiger charge is 2.47. The Morgan fingerprint density at radius 1 is 1.36 bits per heavy atom. The van der Waals surface area contributed by atoms with Crippen LogP contribution in [0, 0.1) is 0 Å². The van der Waals surface area contributed by atoms with Gasteiger partial charge in [-0.15, -0.1) is 0 Å². The zero-order valence-electron chi connectivity index (χ0n) is 15.2. The number of H-pyrrole nitrogens is 1. The van der Waals surface area contributed by atoms with Crippen molar-refractivity contribution in [3.8, 4) is 11.5 Å². The summed E-state index contributed by atoms with van der Waals surface area (Å²) in [4.78, 5) is 25.3. The standard InChI is InChI=1S/C16H20N8O4/c1-3-18-15(27)11-9(25)10(26)16(28-11)24-6-19-8-13(17-2)21-12(22-14(8)24)7-4-5-20-23-7/h4-6,9-11,16,25-26H,3H2,1-2H3,(H,18,27)(H,20,23)(H,17,21,22)/t9-,10+,11-,16+/m0/s1. The van der Waals surface area contributed by atoms with Crippen molar-refractivity contribution in [2.75, 3.05) is 18.9 Å². The monoisotopic (exact) mass is 388 g/mol. The third-order valence-electron chi connectivity index (χ3n) is 4.52. The fourth-order valence-corrected chi connectivity index (χ4v) is 3.16. The van der Waals surface area contributed by atoms with Crippen LogP contribution in [0.15, 0.2) is 18.6 Å². The quantitative estimate of drug-likeness (QED) is 0.369. The molecule has 0 spiro atoms. The molecule has 28 heavy (non-hydrogen) atoms. The maximum Gasteiger partial charge on any atom is 0.252 e. The van der Waals surface area contributed by atoms with Crippen molar-refractivity contribution in [3.05, 3.63) is 18.6 Å². The van der Waals surface area contributed by atoms with Gasteiger partial charge in [-0.25, -0.2) is 15.0 Å². The second kappa shape index (κ2) is 7.14. The first-order valence-electron chi connectivity index (χ1n) is 8.76. The Morgan fingerprint density at radius 3 is 2.86 bits per heavy atom. The number of rotatable bonds is 5. The fraction of sp³-hybridized carbons (Fsp3) is 0.438. The van der Waals surface area contributed by atoms with Crippen molar-refractivity contribution in [2.24, 2.45) is 0 Å². The lowest BCUT2D eigenvalue weighted by Crippen LogP contribution is -2.42. The molecule has 0 aromatic carbocycles. The van der Waals surface area contributed by atoms with Gasteiger partial charge in [0.25, 0.3) is 5.91 Å². The number of ether oxygens (including phenoxy) is 1. The number of amides is 1. The van der Waals surface area contributed by atoms with Gasteiger partial charge in [0.05, 0.1) is 6.33 Å². The van der Waals surface area contributed by atoms with Gasteiger partial charge >= 0.3 is 0 Å². The molecule has 4 atom stereocenters. The van der Waals surface area contributed by atoms with Crippen molar-refractivity contribution in [1.29, 1.82) is 0 Å². The first-order chi connectivity index (χ1) is 13.5. The number of nitrogens with one attached hydrogen (secondary N) is 3. The summed E-state index contributed by atoms with van der Waals surface area (Å²) in [5, 5.41) is 33.0. The highest BCUT2D eigenvalue weighted by molar-refractivity contribution is 5.85. The number of hydrogen-bond donors (Lipinski definition) is 5. The van der Waals surface area contributed by atoms with Crippen molar-refractivity contribution in [1.82, 2.24) is 35.0 Å². The SMILES string of the molecule is CCNC(=O)[C@H]1O[C@@H](n2cnc3c(NC)nc(-c4ccn[nH]4)nc32)[C@H](O)[C@@H]1O. The van der Waals surface area contributed by atoms with Crippen LogP contribution in [0.25, 0.3) is 22.7 Å². The average molecular weight is 388 g/mol. The number of hydrogen-bond acceptors (Lipinski definition) is 9. The minimum atomic E-state index is -1.38. The van der Waals surface area contributed by atoms with E-state index in [4.69, 9.17) is 4.74 Å². The summed E-state index contributed by atoms with van der Waals surface area (Å²) in [6.45, 7) is 2.14. The maximum absolute atomic E-state index is 12.1. The molecule has 12 nitrogen and oxygen atoms in total. The molecule has 148 valence electrons. The second-order valence-electron chi connectivity index (χ2n) is 6.26. The number of imidazole rings is 1. The number of anilines is 1. The van der Waals surface area contributed by atoms with Crippen LogP contribution in [-0.2, 0) is 9.53 Å². The lowest BCUT2D eigenvalue weighted by atomic mass is 10.1. The van der Waals surface area contributed by atoms with E-state index in [1.165, 1.54) is 10.9 Å². The molecule has 1 aliphatic rings. The summed E-state index contributed by atoms with van der Waals surface area (Å²) < 4.78 is 7.14. The van der Waals surface area contributed by atoms with Crippen molar-refractivity contribution < 1.29 is 19.7 Å². The van der Waals surface area contributed by atoms with E-state index in [0.717, 1.165) is 0 Å². The molecule has 1 fully saturated rings. The molecule has 3 aromatic rings. The third-order valence-corrected chi connectivity index (χ3v) is 4.52. The summed E-state index contributed by atoms with van der Waals surface area (Å²) in [5.74, 6) is 0.343. The number of nitrogens with zero attached hydrogens (tertiary/aromatic N) is 5. The van der Waals surface area contributed by atoms with Crippen LogP contribution in [0.5, 0.6) is 0 Å². The molecule has 4 heterocycles. The average Bonchev–Trinajstić information content (AvgIpc) is 3.42. The molecule has 0 radical (unpaired) electrons. The summed E-state index contributed by atoms with van der Waals surface area (Å²) in [7, 11) is 1.70. The van der Waals surface area contributed by atoms with E-state index < -0.39 is 30.4 Å². The van der Waals surface area contributed by atoms with E-state index in [1.54, 1.807) is 26.2 Å². The van der Waals surface area contributed by atoms with Gasteiger partial charge in [0.2, 0.25) is 0 Å². The van der Waals surface area contributed by atoms with Crippen LogP contribution < -0.4 is 10.6 Å². The summed E-state index contributed by atoms with van der Waals surface area (Å²) in [6.07, 6.45) is -1.95. The molecule has 3 aromatic heterocycles. The second-order valence-corrected chi connectivity index (χ2v) is 6.26. The molecular formula is C16H20N8O4. The van der Waals surface area contributed by atoms with E-state index in [1.807, 2.05) is 0 Å². The van der Waals surface area contributed by atoms with Gasteiger partial charge in [-0.05, 0) is 13.0 Å². The van der Waals surface area contributed by atoms with Crippen LogP contribution in [0.4, 0.5) is 5.82 Å². The molecule has 0 unspecified atom stereocenters. The van der Waals surface area contributed by atoms with Crippen LogP contribution in [0.3, 0.4) is 0 Å². The van der Waals surface area contributed by atoms with Crippen molar-refractivity contribution >= 4 is 22.9 Å². The van der Waals surface area contributed by atoms with E-state index in [2.05, 4.69) is 35.8 Å². The molecule has 0 saturated carbocycles. The van der Waals surface area contributed by atoms with Gasteiger partial charge in [0, 0.05) is 19.8 Å². The highest BCUT2D eigenvalue weighted by Crippen LogP contribution is 2.33. The molecule has 1 aliphatic heterocycles. The lowest BCUT2D eigenvalue weighted by Gasteiger charge is -2.16. The normalized spacial score (nSPS) is 24.6. The van der Waals surface area contributed by atoms with E-state index in [0.29, 0.717) is 35.0 Å². The Kier molecular flexibility index (Phi) is 4.66. The summed E-state index contributed by atoms with van der Waals surface area (Å²) in [5.41, 5.74) is 1.42. The molecular weight excluding hydrogens is 368 g/mol. The first-order valence-corrected chi connectivity index (χ1v) is 8.76. The van der Waals surface area contributed by atoms with E-state index in [-0.39, 0.29) is 0 Å². The van der Waals surface area contributed by atoms with Crippen molar-refractivity contribution in [3.63, 3.8) is 0 Å². The smallest absolute Gasteiger partial charge is 0.252 e. The summed E-state index contributed by atoms with van der Waals surface area (Å²) >= 11 is 0. The number of aromatic amines is 1. The van der Waals surface area contributed by atoms with Crippen LogP contribution in [-0.4, -0.2) is 77.7 Å². The zero-order valence-corrected chi connectivity index (χ0v) is 15.2. The van der Waals surface area contributed by atoms with Crippen LogP contribution >= 0.6 is 0 Å². The number of likely N-dealkylation sites (N-methyl/N-ethyl adjacent to an activating group) is 1. The molecule has 0 bridgehead atoms. The summed E-state index contributed by atoms with van der Waals surface area (Å²) in [6, 6.07) is 1.72. The van der Waals surface area contributed by atoms with Crippen LogP contribution in [0.1, 0.15) is 13.2 Å². The molecule has 0 aliphatic carbocycles. The van der Waals surface area contributed by atoms with Crippen molar-refractivity contribution in [2.45, 2.75) is 31.5 Å². The first kappa shape index (κ1) is 18.3. The van der Waals surface area contributed by atoms with Gasteiger partial charge in [0.15, 0.2) is 35.1 Å². The Hall–Kier alpha value is -3.09. The molecule has 12 heteroatoms. The molecule has 1 amide bonds. The zero-order chi connectivity index (χ0) is 19.8. The Morgan fingerprint density at radius 2 is 2.18 bits per heavy atom. The fourth-order valence-electron chi connectivity index (χ4n) is 3.16. The highest BCUT2D eigenvalue weighted by atomic mass is 16.6. The molecule has 5 N–H and O–H groups in total. The van der Waals surface area contributed by atoms with E-state index >= 15 is 0 Å². The minimum absolute atomic E-state index is 0.365. The number of aromatic nitrogens is 6. The number of carbonyl (C=O) groups is 1. The van der Waals surface area contributed by atoms with Gasteiger partial charge < -0.3 is 25.6 Å². The largest absolute Gasteiger partial charge is 0.387 e. The Labute approximate surface area is 159 Å². The van der Waals surface area contributed by atoms with Gasteiger partial charge in [-0.3, -0.25) is 14.5 Å². The van der Waals surface area contributed by atoms with Gasteiger partial charge in [0.1, 0.15) is 17.9 Å². The third kappa shape index (κ3) is 2.87. The predicted octanol–water partition coefficient (Wildman–Crippen LogP) is -0.987. The predicted molar refractivity (Wildman–Crippen MR) is 97.1 cm³/mol. The topological polar surface area (TPSA) is 163 Å². The number of fused-ring (bicyclic) bond motifs is 1. The number of aliphatic hydroxyl groups excluding tert-OH is 2. The van der Waals surface area contributed by atoms with Crippen LogP contribution in [0.2, 0.25) is 0 Å². The van der Waals surface area contributed by atoms with Gasteiger partial charge in [-0.2, -0.15) is 5.10 Å². The Balaban J connectivity index is 1.77. The number of aliphatic hydroxyl groups is 2. The lowest BCUT2D eigenvalue weighted by molar-refractivity contribution is -0.137. The molecule has 4 rings (SSSR count). The van der Waals surface area contributed by atoms with Gasteiger partial charge in [-0.1, -0.05) is 0 Å².